The van der Waals surface area contributed by atoms with E-state index in [2.05, 4.69) is 22.9 Å². The lowest BCUT2D eigenvalue weighted by atomic mass is 10.3. The van der Waals surface area contributed by atoms with Crippen molar-refractivity contribution in [3.8, 4) is 0 Å². The molecule has 0 bridgehead atoms. The van der Waals surface area contributed by atoms with E-state index in [4.69, 9.17) is 0 Å². The Bertz CT molecular complexity index is 155. The second-order valence-corrected chi connectivity index (χ2v) is 3.44. The number of nitrogens with one attached hydrogen (secondary N) is 3. The molecule has 1 rings (SSSR count). The van der Waals surface area contributed by atoms with Gasteiger partial charge in [0.2, 0.25) is 0 Å². The van der Waals surface area contributed by atoms with Gasteiger partial charge in [0.15, 0.2) is 0 Å². The Morgan fingerprint density at radius 3 is 3.08 bits per heavy atom. The van der Waals surface area contributed by atoms with Crippen molar-refractivity contribution in [2.24, 2.45) is 0 Å². The molecule has 1 aliphatic heterocycles. The van der Waals surface area contributed by atoms with Crippen LogP contribution in [0, 0.1) is 0 Å². The fourth-order valence-electron chi connectivity index (χ4n) is 1.39. The van der Waals surface area contributed by atoms with E-state index in [9.17, 15) is 4.79 Å². The predicted octanol–water partition coefficient (Wildman–Crippen LogP) is 0.448. The molecule has 1 atom stereocenters. The van der Waals surface area contributed by atoms with Crippen molar-refractivity contribution >= 4 is 6.03 Å². The minimum absolute atomic E-state index is 0.0258. The van der Waals surface area contributed by atoms with Crippen LogP contribution < -0.4 is 16.0 Å². The molecule has 0 radical (unpaired) electrons. The Hall–Kier alpha value is -0.770. The molecular formula is C9H19N3O. The van der Waals surface area contributed by atoms with E-state index in [0.29, 0.717) is 6.04 Å². The lowest BCUT2D eigenvalue weighted by Gasteiger charge is -2.11. The molecule has 1 saturated heterocycles. The molecule has 0 unspecified atom stereocenters. The van der Waals surface area contributed by atoms with Crippen LogP contribution in [-0.2, 0) is 0 Å². The highest BCUT2D eigenvalue weighted by Crippen LogP contribution is 1.96. The monoisotopic (exact) mass is 185 g/mol. The SMILES string of the molecule is CCCCNC(=O)N[C@@H]1CCNC1. The van der Waals surface area contributed by atoms with Gasteiger partial charge in [-0.2, -0.15) is 0 Å². The molecule has 0 aromatic heterocycles. The molecule has 0 aliphatic carbocycles. The minimum atomic E-state index is -0.0258. The van der Waals surface area contributed by atoms with Gasteiger partial charge in [-0.1, -0.05) is 13.3 Å². The van der Waals surface area contributed by atoms with Gasteiger partial charge in [-0.25, -0.2) is 4.79 Å². The molecule has 1 aliphatic rings. The van der Waals surface area contributed by atoms with Gasteiger partial charge in [-0.15, -0.1) is 0 Å². The number of unbranched alkanes of at least 4 members (excludes halogenated alkanes) is 1. The molecule has 0 aromatic rings. The lowest BCUT2D eigenvalue weighted by molar-refractivity contribution is 0.237. The Kier molecular flexibility index (Phi) is 4.60. The maximum atomic E-state index is 11.2. The number of rotatable bonds is 4. The fraction of sp³-hybridized carbons (Fsp3) is 0.889. The normalized spacial score (nSPS) is 21.5. The highest BCUT2D eigenvalue weighted by Gasteiger charge is 2.15. The van der Waals surface area contributed by atoms with Crippen LogP contribution in [0.4, 0.5) is 4.79 Å². The quantitative estimate of drug-likeness (QED) is 0.557. The van der Waals surface area contributed by atoms with E-state index >= 15 is 0 Å². The highest BCUT2D eigenvalue weighted by atomic mass is 16.2. The van der Waals surface area contributed by atoms with Crippen molar-refractivity contribution in [2.45, 2.75) is 32.2 Å². The van der Waals surface area contributed by atoms with Crippen molar-refractivity contribution in [2.75, 3.05) is 19.6 Å². The Labute approximate surface area is 79.5 Å². The summed E-state index contributed by atoms with van der Waals surface area (Å²) in [4.78, 5) is 11.2. The number of carbonyl (C=O) groups excluding carboxylic acids is 1. The molecule has 3 N–H and O–H groups in total. The number of amides is 2. The van der Waals surface area contributed by atoms with E-state index < -0.39 is 0 Å². The van der Waals surface area contributed by atoms with Gasteiger partial charge in [-0.3, -0.25) is 0 Å². The van der Waals surface area contributed by atoms with Gasteiger partial charge in [-0.05, 0) is 19.4 Å². The van der Waals surface area contributed by atoms with E-state index in [1.807, 2.05) is 0 Å². The first-order chi connectivity index (χ1) is 6.33. The minimum Gasteiger partial charge on any atom is -0.338 e. The Morgan fingerprint density at radius 1 is 1.62 bits per heavy atom. The first-order valence-electron chi connectivity index (χ1n) is 5.08. The molecule has 0 spiro atoms. The second kappa shape index (κ2) is 5.80. The third-order valence-corrected chi connectivity index (χ3v) is 2.21. The summed E-state index contributed by atoms with van der Waals surface area (Å²) >= 11 is 0. The van der Waals surface area contributed by atoms with E-state index in [0.717, 1.165) is 38.9 Å². The molecular weight excluding hydrogens is 166 g/mol. The van der Waals surface area contributed by atoms with Crippen LogP contribution in [0.15, 0.2) is 0 Å². The lowest BCUT2D eigenvalue weighted by Crippen LogP contribution is -2.43. The van der Waals surface area contributed by atoms with Crippen molar-refractivity contribution in [3.05, 3.63) is 0 Å². The molecule has 0 saturated carbocycles. The van der Waals surface area contributed by atoms with Crippen LogP contribution in [0.1, 0.15) is 26.2 Å². The smallest absolute Gasteiger partial charge is 0.315 e. The number of urea groups is 1. The molecule has 1 fully saturated rings. The Morgan fingerprint density at radius 2 is 2.46 bits per heavy atom. The largest absolute Gasteiger partial charge is 0.338 e. The summed E-state index contributed by atoms with van der Waals surface area (Å²) in [7, 11) is 0. The first kappa shape index (κ1) is 10.3. The molecule has 2 amide bonds. The third-order valence-electron chi connectivity index (χ3n) is 2.21. The van der Waals surface area contributed by atoms with Crippen LogP contribution in [0.25, 0.3) is 0 Å². The molecule has 13 heavy (non-hydrogen) atoms. The average molecular weight is 185 g/mol. The van der Waals surface area contributed by atoms with Gasteiger partial charge in [0, 0.05) is 19.1 Å². The van der Waals surface area contributed by atoms with Crippen LogP contribution in [-0.4, -0.2) is 31.7 Å². The van der Waals surface area contributed by atoms with Crippen LogP contribution in [0.5, 0.6) is 0 Å². The zero-order chi connectivity index (χ0) is 9.52. The Balaban J connectivity index is 2.02. The molecule has 76 valence electrons. The van der Waals surface area contributed by atoms with E-state index in [-0.39, 0.29) is 6.03 Å². The summed E-state index contributed by atoms with van der Waals surface area (Å²) in [6, 6.07) is 0.295. The first-order valence-corrected chi connectivity index (χ1v) is 5.08. The van der Waals surface area contributed by atoms with Gasteiger partial charge >= 0.3 is 6.03 Å². The van der Waals surface area contributed by atoms with Crippen LogP contribution in [0.3, 0.4) is 0 Å². The van der Waals surface area contributed by atoms with Crippen molar-refractivity contribution in [1.29, 1.82) is 0 Å². The highest BCUT2D eigenvalue weighted by molar-refractivity contribution is 5.74. The van der Waals surface area contributed by atoms with Gasteiger partial charge in [0.1, 0.15) is 0 Å². The predicted molar refractivity (Wildman–Crippen MR) is 52.7 cm³/mol. The molecule has 0 aromatic carbocycles. The van der Waals surface area contributed by atoms with E-state index in [1.165, 1.54) is 0 Å². The topological polar surface area (TPSA) is 53.2 Å². The number of hydrogen-bond acceptors (Lipinski definition) is 2. The molecule has 1 heterocycles. The van der Waals surface area contributed by atoms with Crippen molar-refractivity contribution in [1.82, 2.24) is 16.0 Å². The van der Waals surface area contributed by atoms with Gasteiger partial charge in [0.25, 0.3) is 0 Å². The summed E-state index contributed by atoms with van der Waals surface area (Å²) in [6.45, 7) is 4.81. The van der Waals surface area contributed by atoms with Crippen molar-refractivity contribution < 1.29 is 4.79 Å². The van der Waals surface area contributed by atoms with Gasteiger partial charge in [0.05, 0.1) is 0 Å². The van der Waals surface area contributed by atoms with E-state index in [1.54, 1.807) is 0 Å². The summed E-state index contributed by atoms with van der Waals surface area (Å²) in [5.41, 5.74) is 0. The summed E-state index contributed by atoms with van der Waals surface area (Å²) in [6.07, 6.45) is 3.21. The fourth-order valence-corrected chi connectivity index (χ4v) is 1.39. The maximum Gasteiger partial charge on any atom is 0.315 e. The van der Waals surface area contributed by atoms with Crippen molar-refractivity contribution in [3.63, 3.8) is 0 Å². The van der Waals surface area contributed by atoms with Crippen LogP contribution in [0.2, 0.25) is 0 Å². The summed E-state index contributed by atoms with van der Waals surface area (Å²) < 4.78 is 0. The van der Waals surface area contributed by atoms with Gasteiger partial charge < -0.3 is 16.0 Å². The standard InChI is InChI=1S/C9H19N3O/c1-2-3-5-11-9(13)12-8-4-6-10-7-8/h8,10H,2-7H2,1H3,(H2,11,12,13)/t8-/m1/s1. The molecule has 4 nitrogen and oxygen atoms in total. The maximum absolute atomic E-state index is 11.2. The zero-order valence-corrected chi connectivity index (χ0v) is 8.23. The second-order valence-electron chi connectivity index (χ2n) is 3.44. The number of carbonyl (C=O) groups is 1. The molecule has 4 heteroatoms. The number of hydrogen-bond donors (Lipinski definition) is 3. The third kappa shape index (κ3) is 4.12. The van der Waals surface area contributed by atoms with Crippen LogP contribution >= 0.6 is 0 Å². The summed E-state index contributed by atoms with van der Waals surface area (Å²) in [5, 5.41) is 8.96. The zero-order valence-electron chi connectivity index (χ0n) is 8.23. The average Bonchev–Trinajstić information content (AvgIpc) is 2.57. The summed E-state index contributed by atoms with van der Waals surface area (Å²) in [5.74, 6) is 0.